The molecule has 2 rings (SSSR count). The summed E-state index contributed by atoms with van der Waals surface area (Å²) in [7, 11) is 0. The van der Waals surface area contributed by atoms with Crippen molar-refractivity contribution in [1.82, 2.24) is 9.97 Å². The zero-order chi connectivity index (χ0) is 16.1. The summed E-state index contributed by atoms with van der Waals surface area (Å²) in [5.74, 6) is 0.0585. The van der Waals surface area contributed by atoms with Gasteiger partial charge in [-0.1, -0.05) is 12.2 Å². The van der Waals surface area contributed by atoms with Crippen molar-refractivity contribution in [2.75, 3.05) is 13.2 Å². The highest BCUT2D eigenvalue weighted by molar-refractivity contribution is 7.80. The monoisotopic (exact) mass is 337 g/mol. The summed E-state index contributed by atoms with van der Waals surface area (Å²) in [6, 6.07) is 1.76. The highest BCUT2D eigenvalue weighted by atomic mass is 32.1. The number of carbonyl (C=O) groups excluding carboxylic acids is 1. The summed E-state index contributed by atoms with van der Waals surface area (Å²) in [6.45, 7) is 4.38. The summed E-state index contributed by atoms with van der Waals surface area (Å²) >= 11 is 6.28. The SMILES string of the molecule is CCOC(=O)c1csc(-c2cnc(C(N)=S)c(OCC)c2)n1. The lowest BCUT2D eigenvalue weighted by Gasteiger charge is -2.09. The van der Waals surface area contributed by atoms with Gasteiger partial charge in [0.1, 0.15) is 21.4 Å². The van der Waals surface area contributed by atoms with Crippen LogP contribution in [0.4, 0.5) is 0 Å². The predicted molar refractivity (Wildman–Crippen MR) is 88.4 cm³/mol. The Morgan fingerprint density at radius 2 is 2.18 bits per heavy atom. The van der Waals surface area contributed by atoms with Gasteiger partial charge in [-0.15, -0.1) is 11.3 Å². The molecule has 0 aliphatic carbocycles. The summed E-state index contributed by atoms with van der Waals surface area (Å²) in [5, 5.41) is 2.29. The van der Waals surface area contributed by atoms with Crippen molar-refractivity contribution in [3.8, 4) is 16.3 Å². The van der Waals surface area contributed by atoms with Gasteiger partial charge in [0.05, 0.1) is 13.2 Å². The smallest absolute Gasteiger partial charge is 0.357 e. The molecule has 0 spiro atoms. The second-order valence-corrected chi connectivity index (χ2v) is 5.42. The number of pyridine rings is 1. The quantitative estimate of drug-likeness (QED) is 0.639. The van der Waals surface area contributed by atoms with Crippen LogP contribution in [0.2, 0.25) is 0 Å². The summed E-state index contributed by atoms with van der Waals surface area (Å²) < 4.78 is 10.4. The molecule has 0 saturated carbocycles. The van der Waals surface area contributed by atoms with E-state index in [0.717, 1.165) is 5.56 Å². The number of nitrogens with two attached hydrogens (primary N) is 1. The molecule has 0 bridgehead atoms. The Balaban J connectivity index is 2.35. The van der Waals surface area contributed by atoms with Crippen LogP contribution in [-0.4, -0.2) is 34.1 Å². The van der Waals surface area contributed by atoms with E-state index in [2.05, 4.69) is 9.97 Å². The molecule has 0 atom stereocenters. The Morgan fingerprint density at radius 3 is 2.82 bits per heavy atom. The maximum Gasteiger partial charge on any atom is 0.357 e. The zero-order valence-electron chi connectivity index (χ0n) is 12.2. The third-order valence-electron chi connectivity index (χ3n) is 2.62. The third kappa shape index (κ3) is 3.58. The maximum atomic E-state index is 11.7. The molecule has 2 N–H and O–H groups in total. The van der Waals surface area contributed by atoms with Crippen LogP contribution >= 0.6 is 23.6 Å². The first kappa shape index (κ1) is 16.3. The van der Waals surface area contributed by atoms with E-state index in [-0.39, 0.29) is 10.7 Å². The molecule has 2 aromatic rings. The maximum absolute atomic E-state index is 11.7. The second kappa shape index (κ2) is 7.28. The van der Waals surface area contributed by atoms with Crippen molar-refractivity contribution in [2.45, 2.75) is 13.8 Å². The van der Waals surface area contributed by atoms with Crippen LogP contribution in [0.1, 0.15) is 30.0 Å². The number of thiazole rings is 1. The Kier molecular flexibility index (Phi) is 5.40. The van der Waals surface area contributed by atoms with Crippen molar-refractivity contribution in [3.05, 3.63) is 29.0 Å². The Morgan fingerprint density at radius 1 is 1.41 bits per heavy atom. The second-order valence-electron chi connectivity index (χ2n) is 4.13. The molecule has 6 nitrogen and oxygen atoms in total. The van der Waals surface area contributed by atoms with Crippen LogP contribution in [0.5, 0.6) is 5.75 Å². The topological polar surface area (TPSA) is 87.3 Å². The molecule has 22 heavy (non-hydrogen) atoms. The first-order valence-electron chi connectivity index (χ1n) is 6.62. The highest BCUT2D eigenvalue weighted by Gasteiger charge is 2.15. The van der Waals surface area contributed by atoms with E-state index in [1.807, 2.05) is 6.92 Å². The average Bonchev–Trinajstić information content (AvgIpc) is 2.97. The molecule has 0 saturated heterocycles. The van der Waals surface area contributed by atoms with Crippen LogP contribution in [0, 0.1) is 0 Å². The van der Waals surface area contributed by atoms with Crippen molar-refractivity contribution in [3.63, 3.8) is 0 Å². The zero-order valence-corrected chi connectivity index (χ0v) is 13.8. The number of ether oxygens (including phenoxy) is 2. The van der Waals surface area contributed by atoms with E-state index in [0.29, 0.717) is 29.7 Å². The number of hydrogen-bond donors (Lipinski definition) is 1. The fourth-order valence-electron chi connectivity index (χ4n) is 1.72. The molecule has 8 heteroatoms. The fourth-order valence-corrected chi connectivity index (χ4v) is 2.64. The largest absolute Gasteiger partial charge is 0.491 e. The first-order valence-corrected chi connectivity index (χ1v) is 7.91. The predicted octanol–water partition coefficient (Wildman–Crippen LogP) is 2.41. The molecule has 2 heterocycles. The number of hydrogen-bond acceptors (Lipinski definition) is 7. The highest BCUT2D eigenvalue weighted by Crippen LogP contribution is 2.28. The molecule has 2 aromatic heterocycles. The molecule has 0 aromatic carbocycles. The molecule has 0 unspecified atom stereocenters. The molecule has 116 valence electrons. The standard InChI is InChI=1S/C14H15N3O3S2/c1-3-19-10-5-8(6-16-11(10)12(15)21)13-17-9(7-22-13)14(18)20-4-2/h5-7H,3-4H2,1-2H3,(H2,15,21). The van der Waals surface area contributed by atoms with Crippen LogP contribution < -0.4 is 10.5 Å². The van der Waals surface area contributed by atoms with E-state index < -0.39 is 5.97 Å². The molecular formula is C14H15N3O3S2. The van der Waals surface area contributed by atoms with E-state index in [4.69, 9.17) is 27.4 Å². The Bertz CT molecular complexity index is 700. The normalized spacial score (nSPS) is 10.3. The van der Waals surface area contributed by atoms with Crippen molar-refractivity contribution in [1.29, 1.82) is 0 Å². The van der Waals surface area contributed by atoms with Crippen molar-refractivity contribution in [2.24, 2.45) is 5.73 Å². The summed E-state index contributed by atoms with van der Waals surface area (Å²) in [5.41, 5.74) is 7.06. The Labute approximate surface area is 137 Å². The van der Waals surface area contributed by atoms with Gasteiger partial charge in [-0.3, -0.25) is 0 Å². The van der Waals surface area contributed by atoms with E-state index in [1.54, 1.807) is 24.6 Å². The van der Waals surface area contributed by atoms with Gasteiger partial charge in [0.15, 0.2) is 5.69 Å². The molecule has 0 radical (unpaired) electrons. The van der Waals surface area contributed by atoms with Gasteiger partial charge in [-0.25, -0.2) is 14.8 Å². The number of carbonyl (C=O) groups is 1. The summed E-state index contributed by atoms with van der Waals surface area (Å²) in [4.78, 5) is 20.3. The lowest BCUT2D eigenvalue weighted by Crippen LogP contribution is -2.14. The van der Waals surface area contributed by atoms with Gasteiger partial charge in [-0.2, -0.15) is 0 Å². The molecule has 0 aliphatic heterocycles. The fraction of sp³-hybridized carbons (Fsp3) is 0.286. The van der Waals surface area contributed by atoms with Gasteiger partial charge < -0.3 is 15.2 Å². The average molecular weight is 337 g/mol. The van der Waals surface area contributed by atoms with Crippen LogP contribution in [-0.2, 0) is 4.74 Å². The number of thiocarbonyl (C=S) groups is 1. The molecule has 0 amide bonds. The minimum atomic E-state index is -0.442. The molecule has 0 aliphatic rings. The van der Waals surface area contributed by atoms with Crippen molar-refractivity contribution < 1.29 is 14.3 Å². The number of rotatable bonds is 6. The van der Waals surface area contributed by atoms with Crippen LogP contribution in [0.3, 0.4) is 0 Å². The lowest BCUT2D eigenvalue weighted by molar-refractivity contribution is 0.0520. The van der Waals surface area contributed by atoms with Gasteiger partial charge in [-0.05, 0) is 19.9 Å². The minimum Gasteiger partial charge on any atom is -0.491 e. The van der Waals surface area contributed by atoms with Gasteiger partial charge >= 0.3 is 5.97 Å². The number of nitrogens with zero attached hydrogens (tertiary/aromatic N) is 2. The lowest BCUT2D eigenvalue weighted by atomic mass is 10.2. The summed E-state index contributed by atoms with van der Waals surface area (Å²) in [6.07, 6.45) is 1.60. The van der Waals surface area contributed by atoms with Gasteiger partial charge in [0, 0.05) is 17.1 Å². The van der Waals surface area contributed by atoms with Crippen LogP contribution in [0.15, 0.2) is 17.6 Å². The minimum absolute atomic E-state index is 0.168. The molecular weight excluding hydrogens is 322 g/mol. The van der Waals surface area contributed by atoms with Crippen LogP contribution in [0.25, 0.3) is 10.6 Å². The third-order valence-corrected chi connectivity index (χ3v) is 3.71. The Hall–Kier alpha value is -2.06. The first-order chi connectivity index (χ1) is 10.6. The van der Waals surface area contributed by atoms with Gasteiger partial charge in [0.2, 0.25) is 0 Å². The van der Waals surface area contributed by atoms with Gasteiger partial charge in [0.25, 0.3) is 0 Å². The van der Waals surface area contributed by atoms with E-state index in [1.165, 1.54) is 11.3 Å². The van der Waals surface area contributed by atoms with Crippen molar-refractivity contribution >= 4 is 34.5 Å². The van der Waals surface area contributed by atoms with E-state index in [9.17, 15) is 4.79 Å². The number of esters is 1. The van der Waals surface area contributed by atoms with E-state index >= 15 is 0 Å². The number of aromatic nitrogens is 2. The molecule has 0 fully saturated rings.